The normalized spacial score (nSPS) is 19.4. The number of imidazole rings is 1. The van der Waals surface area contributed by atoms with Gasteiger partial charge in [-0.1, -0.05) is 30.0 Å². The standard InChI is InChI=1S/C24H26N6O3S2/c1-16-5-2-10-29-21(16)27-20(26-7-4-9-28-11-8-25-15-28)18(22(29)31)13-19-23(32)30(24(34)35-19)14-17-6-3-12-33-17/h2,5,8,10-11,13,15,17,26H,3-4,6-7,9,12,14H2,1H3/b19-13-. The number of thioether (sulfide) groups is 1. The third kappa shape index (κ3) is 5.02. The predicted octanol–water partition coefficient (Wildman–Crippen LogP) is 3.08. The zero-order valence-corrected chi connectivity index (χ0v) is 21.0. The van der Waals surface area contributed by atoms with E-state index < -0.39 is 0 Å². The Morgan fingerprint density at radius 3 is 3.00 bits per heavy atom. The summed E-state index contributed by atoms with van der Waals surface area (Å²) in [5, 5.41) is 3.32. The van der Waals surface area contributed by atoms with Crippen molar-refractivity contribution in [1.29, 1.82) is 0 Å². The number of aromatic nitrogens is 4. The number of hydrogen-bond acceptors (Lipinski definition) is 8. The summed E-state index contributed by atoms with van der Waals surface area (Å²) in [7, 11) is 0. The van der Waals surface area contributed by atoms with Gasteiger partial charge in [-0.05, 0) is 43.9 Å². The topological polar surface area (TPSA) is 93.8 Å². The Kier molecular flexibility index (Phi) is 6.98. The van der Waals surface area contributed by atoms with E-state index in [0.29, 0.717) is 46.0 Å². The van der Waals surface area contributed by atoms with E-state index >= 15 is 0 Å². The molecule has 2 aliphatic heterocycles. The molecule has 1 amide bonds. The maximum atomic E-state index is 13.5. The number of ether oxygens (including phenoxy) is 1. The third-order valence-electron chi connectivity index (χ3n) is 6.09. The molecule has 3 aromatic rings. The van der Waals surface area contributed by atoms with E-state index in [4.69, 9.17) is 21.9 Å². The van der Waals surface area contributed by atoms with Gasteiger partial charge in [0.2, 0.25) is 0 Å². The summed E-state index contributed by atoms with van der Waals surface area (Å²) in [5.74, 6) is 0.259. The maximum Gasteiger partial charge on any atom is 0.267 e. The molecule has 2 fully saturated rings. The van der Waals surface area contributed by atoms with Gasteiger partial charge >= 0.3 is 0 Å². The van der Waals surface area contributed by atoms with Crippen LogP contribution >= 0.6 is 24.0 Å². The lowest BCUT2D eigenvalue weighted by molar-refractivity contribution is -0.123. The molecule has 1 N–H and O–H groups in total. The maximum absolute atomic E-state index is 13.5. The van der Waals surface area contributed by atoms with Crippen LogP contribution in [0, 0.1) is 6.92 Å². The number of nitrogens with one attached hydrogen (secondary N) is 1. The van der Waals surface area contributed by atoms with Gasteiger partial charge in [0.25, 0.3) is 11.5 Å². The number of rotatable bonds is 8. The zero-order valence-electron chi connectivity index (χ0n) is 19.3. The van der Waals surface area contributed by atoms with Gasteiger partial charge in [0.15, 0.2) is 0 Å². The van der Waals surface area contributed by atoms with Crippen LogP contribution < -0.4 is 10.9 Å². The highest BCUT2D eigenvalue weighted by Gasteiger charge is 2.35. The van der Waals surface area contributed by atoms with E-state index in [1.165, 1.54) is 16.2 Å². The summed E-state index contributed by atoms with van der Waals surface area (Å²) in [6, 6.07) is 3.73. The van der Waals surface area contributed by atoms with Crippen molar-refractivity contribution in [2.45, 2.75) is 38.8 Å². The summed E-state index contributed by atoms with van der Waals surface area (Å²) in [4.78, 5) is 37.5. The second-order valence-corrected chi connectivity index (χ2v) is 10.2. The van der Waals surface area contributed by atoms with Crippen LogP contribution in [0.4, 0.5) is 5.82 Å². The number of anilines is 1. The summed E-state index contributed by atoms with van der Waals surface area (Å²) in [6.45, 7) is 4.46. The molecule has 35 heavy (non-hydrogen) atoms. The van der Waals surface area contributed by atoms with E-state index in [0.717, 1.165) is 31.4 Å². The average molecular weight is 511 g/mol. The highest BCUT2D eigenvalue weighted by molar-refractivity contribution is 8.26. The Balaban J connectivity index is 1.44. The molecule has 0 bridgehead atoms. The van der Waals surface area contributed by atoms with Crippen molar-refractivity contribution < 1.29 is 9.53 Å². The number of nitrogens with zero attached hydrogens (tertiary/aromatic N) is 5. The smallest absolute Gasteiger partial charge is 0.267 e. The number of hydrogen-bond donors (Lipinski definition) is 1. The lowest BCUT2D eigenvalue weighted by Crippen LogP contribution is -2.35. The number of amides is 1. The molecule has 0 aromatic carbocycles. The first-order chi connectivity index (χ1) is 17.0. The van der Waals surface area contributed by atoms with Crippen LogP contribution in [0.2, 0.25) is 0 Å². The summed E-state index contributed by atoms with van der Waals surface area (Å²) >= 11 is 6.69. The van der Waals surface area contributed by atoms with Gasteiger partial charge in [0, 0.05) is 38.3 Å². The fourth-order valence-electron chi connectivity index (χ4n) is 4.24. The first kappa shape index (κ1) is 23.7. The Bertz CT molecular complexity index is 1350. The molecule has 5 heterocycles. The largest absolute Gasteiger partial charge is 0.376 e. The first-order valence-electron chi connectivity index (χ1n) is 11.6. The van der Waals surface area contributed by atoms with Gasteiger partial charge in [-0.25, -0.2) is 9.97 Å². The molecule has 1 atom stereocenters. The minimum absolute atomic E-state index is 0.000473. The predicted molar refractivity (Wildman–Crippen MR) is 140 cm³/mol. The summed E-state index contributed by atoms with van der Waals surface area (Å²) in [5.41, 5.74) is 1.58. The van der Waals surface area contributed by atoms with Gasteiger partial charge < -0.3 is 14.6 Å². The molecule has 0 aliphatic carbocycles. The molecular formula is C24H26N6O3S2. The third-order valence-corrected chi connectivity index (χ3v) is 7.47. The Hall–Kier alpha value is -3.02. The molecule has 0 spiro atoms. The molecule has 2 aliphatic rings. The molecule has 182 valence electrons. The van der Waals surface area contributed by atoms with E-state index in [1.807, 2.05) is 29.8 Å². The fourth-order valence-corrected chi connectivity index (χ4v) is 5.50. The van der Waals surface area contributed by atoms with Crippen molar-refractivity contribution in [2.24, 2.45) is 0 Å². The second kappa shape index (κ2) is 10.3. The summed E-state index contributed by atoms with van der Waals surface area (Å²) < 4.78 is 9.68. The molecule has 5 rings (SSSR count). The van der Waals surface area contributed by atoms with Crippen molar-refractivity contribution >= 4 is 51.7 Å². The van der Waals surface area contributed by atoms with Gasteiger partial charge in [-0.2, -0.15) is 0 Å². The van der Waals surface area contributed by atoms with Crippen molar-refractivity contribution in [3.05, 3.63) is 63.4 Å². The number of pyridine rings is 1. The van der Waals surface area contributed by atoms with Crippen molar-refractivity contribution in [3.63, 3.8) is 0 Å². The first-order valence-corrected chi connectivity index (χ1v) is 12.8. The van der Waals surface area contributed by atoms with Crippen LogP contribution in [-0.4, -0.2) is 59.9 Å². The minimum atomic E-state index is -0.236. The van der Waals surface area contributed by atoms with E-state index in [9.17, 15) is 9.59 Å². The van der Waals surface area contributed by atoms with Crippen LogP contribution in [0.5, 0.6) is 0 Å². The van der Waals surface area contributed by atoms with Gasteiger partial charge in [0.1, 0.15) is 15.8 Å². The lowest BCUT2D eigenvalue weighted by atomic mass is 10.2. The molecule has 1 unspecified atom stereocenters. The van der Waals surface area contributed by atoms with E-state index in [-0.39, 0.29) is 17.6 Å². The highest BCUT2D eigenvalue weighted by atomic mass is 32.2. The molecule has 9 nitrogen and oxygen atoms in total. The highest BCUT2D eigenvalue weighted by Crippen LogP contribution is 2.34. The van der Waals surface area contributed by atoms with Crippen LogP contribution in [0.25, 0.3) is 11.7 Å². The van der Waals surface area contributed by atoms with E-state index in [2.05, 4.69) is 10.3 Å². The lowest BCUT2D eigenvalue weighted by Gasteiger charge is -2.18. The van der Waals surface area contributed by atoms with Crippen LogP contribution in [0.15, 0.2) is 46.8 Å². The zero-order chi connectivity index (χ0) is 24.4. The number of carbonyl (C=O) groups is 1. The quantitative estimate of drug-likeness (QED) is 0.281. The minimum Gasteiger partial charge on any atom is -0.376 e. The molecule has 0 saturated carbocycles. The van der Waals surface area contributed by atoms with Gasteiger partial charge in [-0.15, -0.1) is 0 Å². The van der Waals surface area contributed by atoms with E-state index in [1.54, 1.807) is 29.7 Å². The van der Waals surface area contributed by atoms with Gasteiger partial charge in [-0.3, -0.25) is 18.9 Å². The molecule has 0 radical (unpaired) electrons. The van der Waals surface area contributed by atoms with Crippen LogP contribution in [-0.2, 0) is 16.1 Å². The number of aryl methyl sites for hydroxylation is 2. The summed E-state index contributed by atoms with van der Waals surface area (Å²) in [6.07, 6.45) is 11.5. The van der Waals surface area contributed by atoms with Crippen molar-refractivity contribution in [1.82, 2.24) is 23.8 Å². The SMILES string of the molecule is Cc1cccn2c(=O)c(/C=C3\SC(=S)N(CC4CCCO4)C3=O)c(NCCCn3ccnc3)nc12. The second-order valence-electron chi connectivity index (χ2n) is 8.57. The van der Waals surface area contributed by atoms with Gasteiger partial charge in [0.05, 0.1) is 29.4 Å². The molecule has 11 heteroatoms. The molecular weight excluding hydrogens is 484 g/mol. The Morgan fingerprint density at radius 2 is 2.23 bits per heavy atom. The van der Waals surface area contributed by atoms with Crippen molar-refractivity contribution in [2.75, 3.05) is 25.0 Å². The average Bonchev–Trinajstić information content (AvgIpc) is 3.60. The molecule has 3 aromatic heterocycles. The fraction of sp³-hybridized carbons (Fsp3) is 0.375. The Labute approximate surface area is 212 Å². The van der Waals surface area contributed by atoms with Crippen LogP contribution in [0.3, 0.4) is 0 Å². The number of thiocarbonyl (C=S) groups is 1. The van der Waals surface area contributed by atoms with Crippen LogP contribution in [0.1, 0.15) is 30.4 Å². The Morgan fingerprint density at radius 1 is 1.34 bits per heavy atom. The number of fused-ring (bicyclic) bond motifs is 1. The monoisotopic (exact) mass is 510 g/mol. The molecule has 2 saturated heterocycles. The van der Waals surface area contributed by atoms with Crippen molar-refractivity contribution in [3.8, 4) is 0 Å². The number of carbonyl (C=O) groups excluding carboxylic acids is 1.